The predicted molar refractivity (Wildman–Crippen MR) is 186 cm³/mol. The van der Waals surface area contributed by atoms with E-state index in [1.807, 2.05) is 24.3 Å². The number of rotatable bonds is 3. The van der Waals surface area contributed by atoms with Crippen LogP contribution in [0.1, 0.15) is 0 Å². The zero-order valence-corrected chi connectivity index (χ0v) is 23.9. The van der Waals surface area contributed by atoms with Gasteiger partial charge in [-0.05, 0) is 72.4 Å². The van der Waals surface area contributed by atoms with Crippen molar-refractivity contribution in [1.29, 1.82) is 0 Å². The molecule has 9 aromatic rings. The minimum Gasteiger partial charge on any atom is -0.244 e. The van der Waals surface area contributed by atoms with Gasteiger partial charge in [0.1, 0.15) is 0 Å². The summed E-state index contributed by atoms with van der Waals surface area (Å²) in [6.45, 7) is 0. The first kappa shape index (κ1) is 24.7. The van der Waals surface area contributed by atoms with Crippen molar-refractivity contribution in [2.24, 2.45) is 0 Å². The van der Waals surface area contributed by atoms with E-state index >= 15 is 0 Å². The molecule has 2 nitrogen and oxygen atoms in total. The highest BCUT2D eigenvalue weighted by Gasteiger charge is 2.14. The SMILES string of the molecule is c1ccc(-c2nc3ccc(-c4ccc5ccc6c(ccc7c8ccccc8ccc76)c5c4)cc3nc2-c2ccccc2)cc1. The van der Waals surface area contributed by atoms with Crippen LogP contribution in [0.15, 0.2) is 158 Å². The van der Waals surface area contributed by atoms with Crippen LogP contribution in [0.5, 0.6) is 0 Å². The van der Waals surface area contributed by atoms with Gasteiger partial charge in [0.25, 0.3) is 0 Å². The Bertz CT molecular complexity index is 2530. The molecule has 0 N–H and O–H groups in total. The van der Waals surface area contributed by atoms with Crippen LogP contribution >= 0.6 is 0 Å². The molecule has 0 spiro atoms. The number of hydrogen-bond acceptors (Lipinski definition) is 2. The third-order valence-electron chi connectivity index (χ3n) is 8.83. The summed E-state index contributed by atoms with van der Waals surface area (Å²) in [5.74, 6) is 0. The van der Waals surface area contributed by atoms with E-state index in [4.69, 9.17) is 9.97 Å². The molecule has 0 aliphatic rings. The van der Waals surface area contributed by atoms with Crippen molar-refractivity contribution in [3.05, 3.63) is 158 Å². The summed E-state index contributed by atoms with van der Waals surface area (Å²) in [6.07, 6.45) is 0. The standard InChI is InChI=1S/C42H26N2/c1-3-10-29(11-4-1)41-42(30-12-5-2-6-13-30)44-40-26-32(19-24-39(40)43-41)31-16-15-28-18-21-36-35-20-17-27-9-7-8-14-33(27)34(35)22-23-37(36)38(28)25-31/h1-26H. The van der Waals surface area contributed by atoms with Gasteiger partial charge in [0.2, 0.25) is 0 Å². The van der Waals surface area contributed by atoms with Crippen LogP contribution in [0.3, 0.4) is 0 Å². The Morgan fingerprint density at radius 3 is 1.45 bits per heavy atom. The van der Waals surface area contributed by atoms with Gasteiger partial charge in [0.05, 0.1) is 22.4 Å². The zero-order valence-electron chi connectivity index (χ0n) is 23.9. The molecule has 2 heteroatoms. The second-order valence-electron chi connectivity index (χ2n) is 11.4. The Labute approximate surface area is 254 Å². The van der Waals surface area contributed by atoms with Crippen LogP contribution in [0.25, 0.3) is 87.8 Å². The molecular weight excluding hydrogens is 532 g/mol. The fourth-order valence-corrected chi connectivity index (χ4v) is 6.64. The Morgan fingerprint density at radius 1 is 0.273 bits per heavy atom. The molecule has 0 fully saturated rings. The molecule has 0 aliphatic heterocycles. The van der Waals surface area contributed by atoms with Crippen LogP contribution in [0, 0.1) is 0 Å². The topological polar surface area (TPSA) is 25.8 Å². The maximum absolute atomic E-state index is 5.22. The minimum atomic E-state index is 0.886. The van der Waals surface area contributed by atoms with Gasteiger partial charge in [-0.1, -0.05) is 140 Å². The first-order valence-corrected chi connectivity index (χ1v) is 15.0. The summed E-state index contributed by atoms with van der Waals surface area (Å²) in [4.78, 5) is 10.4. The van der Waals surface area contributed by atoms with E-state index in [0.717, 1.165) is 39.1 Å². The first-order valence-electron chi connectivity index (χ1n) is 15.0. The quantitative estimate of drug-likeness (QED) is 0.202. The molecule has 44 heavy (non-hydrogen) atoms. The number of aromatic nitrogens is 2. The van der Waals surface area contributed by atoms with Gasteiger partial charge >= 0.3 is 0 Å². The van der Waals surface area contributed by atoms with Crippen molar-refractivity contribution in [2.75, 3.05) is 0 Å². The maximum atomic E-state index is 5.22. The van der Waals surface area contributed by atoms with Crippen LogP contribution in [0.4, 0.5) is 0 Å². The Hall–Kier alpha value is -5.86. The van der Waals surface area contributed by atoms with E-state index in [1.54, 1.807) is 0 Å². The van der Waals surface area contributed by atoms with Gasteiger partial charge in [-0.25, -0.2) is 9.97 Å². The Morgan fingerprint density at radius 2 is 0.750 bits per heavy atom. The lowest BCUT2D eigenvalue weighted by molar-refractivity contribution is 1.29. The highest BCUT2D eigenvalue weighted by Crippen LogP contribution is 2.37. The lowest BCUT2D eigenvalue weighted by Crippen LogP contribution is -1.95. The highest BCUT2D eigenvalue weighted by atomic mass is 14.8. The van der Waals surface area contributed by atoms with Crippen molar-refractivity contribution >= 4 is 54.1 Å². The number of nitrogens with zero attached hydrogens (tertiary/aromatic N) is 2. The van der Waals surface area contributed by atoms with Gasteiger partial charge in [-0.15, -0.1) is 0 Å². The zero-order chi connectivity index (χ0) is 29.0. The van der Waals surface area contributed by atoms with Crippen molar-refractivity contribution in [3.8, 4) is 33.6 Å². The van der Waals surface area contributed by atoms with Crippen LogP contribution < -0.4 is 0 Å². The summed E-state index contributed by atoms with van der Waals surface area (Å²) in [5.41, 5.74) is 7.98. The number of hydrogen-bond donors (Lipinski definition) is 0. The van der Waals surface area contributed by atoms with Gasteiger partial charge in [-0.3, -0.25) is 0 Å². The Kier molecular flexibility index (Phi) is 5.54. The molecule has 204 valence electrons. The molecule has 1 heterocycles. The highest BCUT2D eigenvalue weighted by molar-refractivity contribution is 6.22. The molecular formula is C42H26N2. The molecule has 0 saturated heterocycles. The molecule has 9 rings (SSSR count). The van der Waals surface area contributed by atoms with Crippen molar-refractivity contribution < 1.29 is 0 Å². The lowest BCUT2D eigenvalue weighted by Gasteiger charge is -2.13. The van der Waals surface area contributed by atoms with E-state index in [0.29, 0.717) is 0 Å². The van der Waals surface area contributed by atoms with E-state index in [-0.39, 0.29) is 0 Å². The second kappa shape index (κ2) is 9.86. The lowest BCUT2D eigenvalue weighted by atomic mass is 9.93. The summed E-state index contributed by atoms with van der Waals surface area (Å²) in [6, 6.07) is 56.1. The van der Waals surface area contributed by atoms with Crippen LogP contribution in [-0.4, -0.2) is 9.97 Å². The van der Waals surface area contributed by atoms with E-state index < -0.39 is 0 Å². The molecule has 8 aromatic carbocycles. The van der Waals surface area contributed by atoms with Crippen LogP contribution in [-0.2, 0) is 0 Å². The smallest absolute Gasteiger partial charge is 0.0973 e. The summed E-state index contributed by atoms with van der Waals surface area (Å²) < 4.78 is 0. The van der Waals surface area contributed by atoms with Crippen LogP contribution in [0.2, 0.25) is 0 Å². The molecule has 0 radical (unpaired) electrons. The molecule has 0 bridgehead atoms. The largest absolute Gasteiger partial charge is 0.244 e. The normalized spacial score (nSPS) is 11.6. The van der Waals surface area contributed by atoms with E-state index in [9.17, 15) is 0 Å². The third-order valence-corrected chi connectivity index (χ3v) is 8.83. The average molecular weight is 559 g/mol. The molecule has 0 atom stereocenters. The van der Waals surface area contributed by atoms with Gasteiger partial charge < -0.3 is 0 Å². The summed E-state index contributed by atoms with van der Waals surface area (Å²) >= 11 is 0. The third kappa shape index (κ3) is 3.96. The monoisotopic (exact) mass is 558 g/mol. The van der Waals surface area contributed by atoms with Gasteiger partial charge in [0.15, 0.2) is 0 Å². The fourth-order valence-electron chi connectivity index (χ4n) is 6.64. The second-order valence-corrected chi connectivity index (χ2v) is 11.4. The average Bonchev–Trinajstić information content (AvgIpc) is 3.11. The maximum Gasteiger partial charge on any atom is 0.0973 e. The minimum absolute atomic E-state index is 0.886. The van der Waals surface area contributed by atoms with Crippen molar-refractivity contribution in [2.45, 2.75) is 0 Å². The van der Waals surface area contributed by atoms with Crippen molar-refractivity contribution in [3.63, 3.8) is 0 Å². The molecule has 0 saturated carbocycles. The molecule has 0 amide bonds. The first-order chi connectivity index (χ1) is 21.8. The number of benzene rings is 8. The van der Waals surface area contributed by atoms with Gasteiger partial charge in [0, 0.05) is 11.1 Å². The summed E-state index contributed by atoms with van der Waals surface area (Å²) in [5, 5.41) is 10.2. The predicted octanol–water partition coefficient (Wildman–Crippen LogP) is 11.2. The summed E-state index contributed by atoms with van der Waals surface area (Å²) in [7, 11) is 0. The molecule has 0 aliphatic carbocycles. The number of fused-ring (bicyclic) bond motifs is 8. The van der Waals surface area contributed by atoms with E-state index in [1.165, 1.54) is 48.7 Å². The Balaban J connectivity index is 1.22. The van der Waals surface area contributed by atoms with Gasteiger partial charge in [-0.2, -0.15) is 0 Å². The fraction of sp³-hybridized carbons (Fsp3) is 0. The molecule has 0 unspecified atom stereocenters. The van der Waals surface area contributed by atoms with Crippen molar-refractivity contribution in [1.82, 2.24) is 9.97 Å². The molecule has 1 aromatic heterocycles. The van der Waals surface area contributed by atoms with E-state index in [2.05, 4.69) is 133 Å².